The van der Waals surface area contributed by atoms with Crippen molar-refractivity contribution in [1.82, 2.24) is 4.90 Å². The minimum Gasteiger partial charge on any atom is -0.484 e. The Morgan fingerprint density at radius 1 is 1.28 bits per heavy atom. The molecule has 1 unspecified atom stereocenters. The third-order valence-electron chi connectivity index (χ3n) is 5.03. The molecule has 25 heavy (non-hydrogen) atoms. The molecule has 2 fully saturated rings. The second-order valence-electron chi connectivity index (χ2n) is 6.72. The van der Waals surface area contributed by atoms with Crippen LogP contribution in [-0.2, 0) is 14.3 Å². The van der Waals surface area contributed by atoms with Crippen LogP contribution in [0.15, 0.2) is 30.3 Å². The number of ether oxygens (including phenoxy) is 3. The molecule has 0 aromatic heterocycles. The fourth-order valence-electron chi connectivity index (χ4n) is 3.61. The number of carbonyl (C=O) groups excluding carboxylic acids is 1. The Balaban J connectivity index is 1.45. The molecular weight excluding hydrogens is 322 g/mol. The van der Waals surface area contributed by atoms with E-state index in [1.165, 1.54) is 0 Å². The van der Waals surface area contributed by atoms with E-state index in [1.54, 1.807) is 0 Å². The quantitative estimate of drug-likeness (QED) is 0.845. The molecule has 0 saturated carbocycles. The minimum absolute atomic E-state index is 0.0163. The normalized spacial score (nSPS) is 22.8. The van der Waals surface area contributed by atoms with Crippen LogP contribution in [0, 0.1) is 0 Å². The van der Waals surface area contributed by atoms with Gasteiger partial charge in [0.25, 0.3) is 5.91 Å². The number of hydrogen-bond donors (Lipinski definition) is 1. The molecule has 0 aliphatic carbocycles. The van der Waals surface area contributed by atoms with E-state index in [9.17, 15) is 4.79 Å². The number of carbonyl (C=O) groups is 1. The monoisotopic (exact) mass is 349 g/mol. The van der Waals surface area contributed by atoms with E-state index in [1.807, 2.05) is 35.2 Å². The van der Waals surface area contributed by atoms with Crippen LogP contribution < -0.4 is 4.74 Å². The van der Waals surface area contributed by atoms with E-state index in [2.05, 4.69) is 0 Å². The average molecular weight is 349 g/mol. The van der Waals surface area contributed by atoms with Crippen LogP contribution in [0.25, 0.3) is 0 Å². The Kier molecular flexibility index (Phi) is 6.29. The first-order valence-corrected chi connectivity index (χ1v) is 9.03. The van der Waals surface area contributed by atoms with Crippen molar-refractivity contribution < 1.29 is 24.1 Å². The minimum atomic E-state index is -0.185. The van der Waals surface area contributed by atoms with Gasteiger partial charge < -0.3 is 24.2 Å². The third-order valence-corrected chi connectivity index (χ3v) is 5.03. The maximum absolute atomic E-state index is 12.4. The second kappa shape index (κ2) is 8.65. The molecule has 3 rings (SSSR count). The summed E-state index contributed by atoms with van der Waals surface area (Å²) in [7, 11) is 0. The molecule has 1 N–H and O–H groups in total. The van der Waals surface area contributed by atoms with Gasteiger partial charge in [-0.15, -0.1) is 0 Å². The summed E-state index contributed by atoms with van der Waals surface area (Å²) in [5.41, 5.74) is -0.185. The molecule has 2 saturated heterocycles. The average Bonchev–Trinajstić information content (AvgIpc) is 2.66. The van der Waals surface area contributed by atoms with Gasteiger partial charge in [-0.3, -0.25) is 4.79 Å². The molecule has 1 aromatic carbocycles. The van der Waals surface area contributed by atoms with E-state index in [0.29, 0.717) is 32.1 Å². The highest BCUT2D eigenvalue weighted by molar-refractivity contribution is 5.77. The Bertz CT molecular complexity index is 542. The molecule has 1 aromatic rings. The number of piperidine rings is 1. The third kappa shape index (κ3) is 4.93. The molecule has 1 amide bonds. The first kappa shape index (κ1) is 18.2. The molecule has 2 aliphatic heterocycles. The topological polar surface area (TPSA) is 68.2 Å². The summed E-state index contributed by atoms with van der Waals surface area (Å²) < 4.78 is 17.3. The van der Waals surface area contributed by atoms with Gasteiger partial charge in [0.1, 0.15) is 5.75 Å². The van der Waals surface area contributed by atoms with Crippen molar-refractivity contribution in [3.8, 4) is 5.75 Å². The van der Waals surface area contributed by atoms with E-state index in [0.717, 1.165) is 25.7 Å². The van der Waals surface area contributed by atoms with Gasteiger partial charge in [-0.2, -0.15) is 0 Å². The number of para-hydroxylation sites is 1. The zero-order valence-corrected chi connectivity index (χ0v) is 14.6. The number of hydrogen-bond acceptors (Lipinski definition) is 5. The first-order chi connectivity index (χ1) is 12.2. The first-order valence-electron chi connectivity index (χ1n) is 9.03. The molecule has 0 bridgehead atoms. The van der Waals surface area contributed by atoms with Crippen LogP contribution in [-0.4, -0.2) is 67.1 Å². The number of aliphatic hydroxyl groups excluding tert-OH is 1. The summed E-state index contributed by atoms with van der Waals surface area (Å²) in [6.45, 7) is 2.55. The zero-order valence-electron chi connectivity index (χ0n) is 14.6. The SMILES string of the molecule is O=C(COc1ccccc1)N1CCC2(CC1)CC(OCCO)CCO2. The second-order valence-corrected chi connectivity index (χ2v) is 6.72. The standard InChI is InChI=1S/C19H27NO5/c21-11-13-23-17-6-12-25-19(14-17)7-9-20(10-8-19)18(22)15-24-16-4-2-1-3-5-16/h1-5,17,21H,6-15H2. The van der Waals surface area contributed by atoms with E-state index in [4.69, 9.17) is 19.3 Å². The van der Waals surface area contributed by atoms with Gasteiger partial charge >= 0.3 is 0 Å². The maximum Gasteiger partial charge on any atom is 0.260 e. The molecule has 0 radical (unpaired) electrons. The largest absolute Gasteiger partial charge is 0.484 e. The lowest BCUT2D eigenvalue weighted by molar-refractivity contribution is -0.163. The van der Waals surface area contributed by atoms with Crippen molar-refractivity contribution in [2.75, 3.05) is 39.5 Å². The number of nitrogens with zero attached hydrogens (tertiary/aromatic N) is 1. The predicted octanol–water partition coefficient (Wildman–Crippen LogP) is 1.61. The van der Waals surface area contributed by atoms with Gasteiger partial charge in [-0.25, -0.2) is 0 Å². The van der Waals surface area contributed by atoms with Crippen molar-refractivity contribution in [2.45, 2.75) is 37.4 Å². The van der Waals surface area contributed by atoms with Gasteiger partial charge in [-0.05, 0) is 31.4 Å². The number of aliphatic hydroxyl groups is 1. The summed E-state index contributed by atoms with van der Waals surface area (Å²) in [6.07, 6.45) is 3.50. The summed E-state index contributed by atoms with van der Waals surface area (Å²) in [5, 5.41) is 8.92. The molecule has 1 atom stereocenters. The molecule has 2 heterocycles. The molecular formula is C19H27NO5. The number of amides is 1. The van der Waals surface area contributed by atoms with Crippen molar-refractivity contribution >= 4 is 5.91 Å². The lowest BCUT2D eigenvalue weighted by Crippen LogP contribution is -2.52. The fourth-order valence-corrected chi connectivity index (χ4v) is 3.61. The zero-order chi connectivity index (χ0) is 17.5. The Morgan fingerprint density at radius 3 is 2.76 bits per heavy atom. The van der Waals surface area contributed by atoms with Gasteiger partial charge in [0.05, 0.1) is 24.9 Å². The predicted molar refractivity (Wildman–Crippen MR) is 92.5 cm³/mol. The highest BCUT2D eigenvalue weighted by atomic mass is 16.5. The van der Waals surface area contributed by atoms with E-state index >= 15 is 0 Å². The van der Waals surface area contributed by atoms with Gasteiger partial charge in [-0.1, -0.05) is 18.2 Å². The highest BCUT2D eigenvalue weighted by Gasteiger charge is 2.41. The molecule has 1 spiro atoms. The molecule has 6 nitrogen and oxygen atoms in total. The fraction of sp³-hybridized carbons (Fsp3) is 0.632. The maximum atomic E-state index is 12.4. The van der Waals surface area contributed by atoms with Crippen LogP contribution >= 0.6 is 0 Å². The van der Waals surface area contributed by atoms with Crippen LogP contribution in [0.1, 0.15) is 25.7 Å². The number of likely N-dealkylation sites (tertiary alicyclic amines) is 1. The van der Waals surface area contributed by atoms with Crippen molar-refractivity contribution in [2.24, 2.45) is 0 Å². The summed E-state index contributed by atoms with van der Waals surface area (Å²) in [4.78, 5) is 14.2. The summed E-state index contributed by atoms with van der Waals surface area (Å²) >= 11 is 0. The van der Waals surface area contributed by atoms with E-state index < -0.39 is 0 Å². The van der Waals surface area contributed by atoms with Crippen LogP contribution in [0.5, 0.6) is 5.75 Å². The number of rotatable bonds is 6. The summed E-state index contributed by atoms with van der Waals surface area (Å²) in [5.74, 6) is 0.728. The van der Waals surface area contributed by atoms with Crippen LogP contribution in [0.2, 0.25) is 0 Å². The Morgan fingerprint density at radius 2 is 2.04 bits per heavy atom. The Labute approximate surface area is 148 Å². The lowest BCUT2D eigenvalue weighted by Gasteiger charge is -2.46. The number of benzene rings is 1. The van der Waals surface area contributed by atoms with Gasteiger partial charge in [0.15, 0.2) is 6.61 Å². The van der Waals surface area contributed by atoms with Crippen LogP contribution in [0.3, 0.4) is 0 Å². The highest BCUT2D eigenvalue weighted by Crippen LogP contribution is 2.36. The van der Waals surface area contributed by atoms with Crippen molar-refractivity contribution in [1.29, 1.82) is 0 Å². The van der Waals surface area contributed by atoms with Crippen LogP contribution in [0.4, 0.5) is 0 Å². The van der Waals surface area contributed by atoms with Crippen molar-refractivity contribution in [3.63, 3.8) is 0 Å². The Hall–Kier alpha value is -1.63. The molecule has 2 aliphatic rings. The van der Waals surface area contributed by atoms with Crippen molar-refractivity contribution in [3.05, 3.63) is 30.3 Å². The summed E-state index contributed by atoms with van der Waals surface area (Å²) in [6, 6.07) is 9.39. The van der Waals surface area contributed by atoms with Gasteiger partial charge in [0, 0.05) is 26.1 Å². The smallest absolute Gasteiger partial charge is 0.260 e. The molecule has 6 heteroatoms. The van der Waals surface area contributed by atoms with E-state index in [-0.39, 0.29) is 30.8 Å². The lowest BCUT2D eigenvalue weighted by atomic mass is 9.83. The molecule has 138 valence electrons. The van der Waals surface area contributed by atoms with Gasteiger partial charge in [0.2, 0.25) is 0 Å².